The van der Waals surface area contributed by atoms with Crippen LogP contribution in [0.5, 0.6) is 0 Å². The van der Waals surface area contributed by atoms with Crippen LogP contribution in [-0.2, 0) is 0 Å². The van der Waals surface area contributed by atoms with E-state index >= 15 is 0 Å². The van der Waals surface area contributed by atoms with Crippen LogP contribution >= 0.6 is 0 Å². The van der Waals surface area contributed by atoms with Crippen LogP contribution in [0, 0.1) is 0 Å². The third-order valence-electron chi connectivity index (χ3n) is 3.42. The fraction of sp³-hybridized carbons (Fsp3) is 0. The summed E-state index contributed by atoms with van der Waals surface area (Å²) in [6.45, 7) is 0. The molecule has 3 aromatic rings. The summed E-state index contributed by atoms with van der Waals surface area (Å²) in [5, 5.41) is 9.44. The molecule has 0 aliphatic carbocycles. The molecule has 3 nitrogen and oxygen atoms in total. The zero-order valence-electron chi connectivity index (χ0n) is 11.9. The lowest BCUT2D eigenvalue weighted by Gasteiger charge is -2.11. The minimum atomic E-state index is -0.932. The number of aromatic carboxylic acids is 1. The van der Waals surface area contributed by atoms with E-state index in [2.05, 4.69) is 0 Å². The minimum Gasteiger partial charge on any atom is -0.478 e. The second kappa shape index (κ2) is 6.14. The summed E-state index contributed by atoms with van der Waals surface area (Å²) in [6, 6.07) is 19.0. The zero-order chi connectivity index (χ0) is 15.4. The van der Waals surface area contributed by atoms with Gasteiger partial charge in [0.1, 0.15) is 0 Å². The molecule has 1 N–H and O–H groups in total. The number of hydrogen-bond donors (Lipinski definition) is 1. The van der Waals surface area contributed by atoms with Crippen molar-refractivity contribution in [2.24, 2.45) is 0 Å². The molecule has 3 heteroatoms. The molecule has 3 rings (SSSR count). The predicted octanol–water partition coefficient (Wildman–Crippen LogP) is 4.35. The Morgan fingerprint density at radius 3 is 2.27 bits per heavy atom. The highest BCUT2D eigenvalue weighted by atomic mass is 16.4. The Hall–Kier alpha value is -3.07. The maximum atomic E-state index is 11.5. The Morgan fingerprint density at radius 2 is 1.59 bits per heavy atom. The van der Waals surface area contributed by atoms with Crippen LogP contribution in [0.15, 0.2) is 73.1 Å². The van der Waals surface area contributed by atoms with Gasteiger partial charge in [0.2, 0.25) is 0 Å². The second-order valence-electron chi connectivity index (χ2n) is 4.88. The van der Waals surface area contributed by atoms with Crippen molar-refractivity contribution in [3.05, 3.63) is 89.7 Å². The number of carboxylic acid groups (broad SMARTS) is 1. The van der Waals surface area contributed by atoms with Crippen LogP contribution in [0.2, 0.25) is 0 Å². The van der Waals surface area contributed by atoms with Crippen LogP contribution < -0.4 is 0 Å². The molecule has 0 fully saturated rings. The molecular formula is C19H15NO2. The average molecular weight is 289 g/mol. The summed E-state index contributed by atoms with van der Waals surface area (Å²) in [5.74, 6) is -0.932. The van der Waals surface area contributed by atoms with Crippen molar-refractivity contribution >= 4 is 18.1 Å². The molecular weight excluding hydrogens is 274 g/mol. The molecule has 0 amide bonds. The Morgan fingerprint density at radius 1 is 0.864 bits per heavy atom. The van der Waals surface area contributed by atoms with Gasteiger partial charge in [-0.3, -0.25) is 0 Å². The molecule has 0 saturated heterocycles. The van der Waals surface area contributed by atoms with Gasteiger partial charge in [0.25, 0.3) is 0 Å². The number of para-hydroxylation sites is 1. The lowest BCUT2D eigenvalue weighted by molar-refractivity contribution is 0.0697. The van der Waals surface area contributed by atoms with E-state index in [1.54, 1.807) is 12.1 Å². The van der Waals surface area contributed by atoms with Crippen LogP contribution in [-0.4, -0.2) is 15.6 Å². The van der Waals surface area contributed by atoms with Gasteiger partial charge in [0.15, 0.2) is 0 Å². The number of benzene rings is 2. The van der Waals surface area contributed by atoms with Crippen LogP contribution in [0.3, 0.4) is 0 Å². The Kier molecular flexibility index (Phi) is 3.88. The summed E-state index contributed by atoms with van der Waals surface area (Å²) in [7, 11) is 0. The van der Waals surface area contributed by atoms with E-state index in [9.17, 15) is 9.90 Å². The number of carbonyl (C=O) groups is 1. The van der Waals surface area contributed by atoms with Crippen molar-refractivity contribution in [1.29, 1.82) is 0 Å². The lowest BCUT2D eigenvalue weighted by atomic mass is 10.0. The van der Waals surface area contributed by atoms with Gasteiger partial charge in [-0.05, 0) is 29.3 Å². The lowest BCUT2D eigenvalue weighted by Crippen LogP contribution is -2.05. The Bertz CT molecular complexity index is 803. The molecule has 22 heavy (non-hydrogen) atoms. The maximum absolute atomic E-state index is 11.5. The smallest absolute Gasteiger partial charge is 0.337 e. The van der Waals surface area contributed by atoms with E-state index in [0.29, 0.717) is 5.69 Å². The van der Waals surface area contributed by atoms with E-state index in [1.807, 2.05) is 77.6 Å². The summed E-state index contributed by atoms with van der Waals surface area (Å²) in [4.78, 5) is 11.5. The van der Waals surface area contributed by atoms with E-state index in [-0.39, 0.29) is 5.56 Å². The first-order valence-electron chi connectivity index (χ1n) is 6.98. The second-order valence-corrected chi connectivity index (χ2v) is 4.88. The number of rotatable bonds is 4. The molecule has 1 aromatic heterocycles. The van der Waals surface area contributed by atoms with Gasteiger partial charge in [0.05, 0.1) is 11.3 Å². The molecule has 0 saturated carbocycles. The summed E-state index contributed by atoms with van der Waals surface area (Å²) < 4.78 is 1.83. The average Bonchev–Trinajstić information content (AvgIpc) is 3.07. The van der Waals surface area contributed by atoms with Crippen LogP contribution in [0.4, 0.5) is 0 Å². The first-order chi connectivity index (χ1) is 10.8. The molecule has 1 heterocycles. The SMILES string of the molecule is O=C(O)c1cccc(C=Cc2ccccc2)c1-n1cccc1. The summed E-state index contributed by atoms with van der Waals surface area (Å²) in [5.41, 5.74) is 2.89. The molecule has 0 unspecified atom stereocenters. The quantitative estimate of drug-likeness (QED) is 0.726. The number of aromatic nitrogens is 1. The first kappa shape index (κ1) is 13.9. The van der Waals surface area contributed by atoms with Gasteiger partial charge in [0, 0.05) is 12.4 Å². The standard InChI is InChI=1S/C19H15NO2/c21-19(22)17-10-6-9-16(18(17)20-13-4-5-14-20)12-11-15-7-2-1-3-8-15/h1-14H,(H,21,22). The van der Waals surface area contributed by atoms with E-state index in [0.717, 1.165) is 11.1 Å². The molecule has 0 aliphatic rings. The van der Waals surface area contributed by atoms with Crippen LogP contribution in [0.1, 0.15) is 21.5 Å². The molecule has 0 radical (unpaired) electrons. The normalized spacial score (nSPS) is 10.9. The third-order valence-corrected chi connectivity index (χ3v) is 3.42. The van der Waals surface area contributed by atoms with Crippen molar-refractivity contribution in [3.63, 3.8) is 0 Å². The fourth-order valence-electron chi connectivity index (χ4n) is 2.39. The summed E-state index contributed by atoms with van der Waals surface area (Å²) in [6.07, 6.45) is 7.62. The van der Waals surface area contributed by atoms with Crippen molar-refractivity contribution in [2.45, 2.75) is 0 Å². The van der Waals surface area contributed by atoms with E-state index in [1.165, 1.54) is 0 Å². The largest absolute Gasteiger partial charge is 0.478 e. The number of hydrogen-bond acceptors (Lipinski definition) is 1. The molecule has 108 valence electrons. The Labute approximate surface area is 128 Å². The molecule has 2 aromatic carbocycles. The Balaban J connectivity index is 2.10. The first-order valence-corrected chi connectivity index (χ1v) is 6.98. The van der Waals surface area contributed by atoms with Gasteiger partial charge >= 0.3 is 5.97 Å². The minimum absolute atomic E-state index is 0.284. The van der Waals surface area contributed by atoms with Crippen molar-refractivity contribution in [2.75, 3.05) is 0 Å². The molecule has 0 aliphatic heterocycles. The van der Waals surface area contributed by atoms with Crippen molar-refractivity contribution in [1.82, 2.24) is 4.57 Å². The maximum Gasteiger partial charge on any atom is 0.337 e. The molecule has 0 spiro atoms. The third kappa shape index (κ3) is 2.83. The van der Waals surface area contributed by atoms with Crippen molar-refractivity contribution in [3.8, 4) is 5.69 Å². The number of nitrogens with zero attached hydrogens (tertiary/aromatic N) is 1. The van der Waals surface area contributed by atoms with Gasteiger partial charge in [-0.15, -0.1) is 0 Å². The van der Waals surface area contributed by atoms with Gasteiger partial charge in [-0.1, -0.05) is 54.6 Å². The predicted molar refractivity (Wildman–Crippen MR) is 88.1 cm³/mol. The monoisotopic (exact) mass is 289 g/mol. The van der Waals surface area contributed by atoms with Gasteiger partial charge in [-0.25, -0.2) is 4.79 Å². The zero-order valence-corrected chi connectivity index (χ0v) is 11.9. The fourth-order valence-corrected chi connectivity index (χ4v) is 2.39. The highest BCUT2D eigenvalue weighted by Crippen LogP contribution is 2.22. The highest BCUT2D eigenvalue weighted by Gasteiger charge is 2.13. The van der Waals surface area contributed by atoms with E-state index in [4.69, 9.17) is 0 Å². The van der Waals surface area contributed by atoms with Gasteiger partial charge in [-0.2, -0.15) is 0 Å². The number of carboxylic acids is 1. The molecule has 0 bridgehead atoms. The topological polar surface area (TPSA) is 42.2 Å². The highest BCUT2D eigenvalue weighted by molar-refractivity contribution is 5.94. The van der Waals surface area contributed by atoms with Gasteiger partial charge < -0.3 is 9.67 Å². The van der Waals surface area contributed by atoms with Crippen LogP contribution in [0.25, 0.3) is 17.8 Å². The van der Waals surface area contributed by atoms with Crippen molar-refractivity contribution < 1.29 is 9.90 Å². The summed E-state index contributed by atoms with van der Waals surface area (Å²) >= 11 is 0. The molecule has 0 atom stereocenters. The van der Waals surface area contributed by atoms with E-state index < -0.39 is 5.97 Å².